The van der Waals surface area contributed by atoms with Crippen LogP contribution in [0.3, 0.4) is 0 Å². The Bertz CT molecular complexity index is 814. The number of hydrogen-bond donors (Lipinski definition) is 1. The number of nitrogens with zero attached hydrogens (tertiary/aromatic N) is 1. The van der Waals surface area contributed by atoms with Crippen LogP contribution in [0.15, 0.2) is 35.2 Å². The van der Waals surface area contributed by atoms with E-state index in [2.05, 4.69) is 0 Å². The molecular formula is C17H13F4NO2S. The fraction of sp³-hybridized carbons (Fsp3) is 0.235. The average Bonchev–Trinajstić information content (AvgIpc) is 2.53. The zero-order valence-electron chi connectivity index (χ0n) is 13.2. The number of thioether (sulfide) groups is 1. The smallest absolute Gasteiger partial charge is 0.270 e. The van der Waals surface area contributed by atoms with Gasteiger partial charge < -0.3 is 9.84 Å². The first-order chi connectivity index (χ1) is 11.7. The highest BCUT2D eigenvalue weighted by Crippen LogP contribution is 2.41. The third-order valence-corrected chi connectivity index (χ3v) is 4.24. The third-order valence-electron chi connectivity index (χ3n) is 3.46. The number of alkyl halides is 2. The minimum Gasteiger partial charge on any atom is -0.456 e. The van der Waals surface area contributed by atoms with Gasteiger partial charge in [0, 0.05) is 28.7 Å². The Morgan fingerprint density at radius 2 is 1.80 bits per heavy atom. The zero-order chi connectivity index (χ0) is 18.8. The number of nitriles is 1. The van der Waals surface area contributed by atoms with E-state index >= 15 is 0 Å². The summed E-state index contributed by atoms with van der Waals surface area (Å²) in [5.41, 5.74) is -3.23. The molecule has 0 saturated carbocycles. The second-order valence-corrected chi connectivity index (χ2v) is 6.13. The van der Waals surface area contributed by atoms with Crippen molar-refractivity contribution in [1.29, 1.82) is 5.26 Å². The monoisotopic (exact) mass is 371 g/mol. The van der Waals surface area contributed by atoms with Gasteiger partial charge in [0.1, 0.15) is 40.4 Å². The van der Waals surface area contributed by atoms with Gasteiger partial charge in [-0.2, -0.15) is 5.26 Å². The molecule has 3 nitrogen and oxygen atoms in total. The van der Waals surface area contributed by atoms with Gasteiger partial charge in [0.05, 0.1) is 0 Å². The lowest BCUT2D eigenvalue weighted by atomic mass is 9.91. The highest BCUT2D eigenvalue weighted by atomic mass is 32.2. The summed E-state index contributed by atoms with van der Waals surface area (Å²) in [6.45, 7) is 0.888. The molecule has 2 aromatic rings. The molecule has 0 aliphatic carbocycles. The van der Waals surface area contributed by atoms with E-state index in [-0.39, 0.29) is 27.5 Å². The zero-order valence-corrected chi connectivity index (χ0v) is 14.0. The Balaban J connectivity index is 2.63. The molecule has 8 heteroatoms. The molecule has 1 unspecified atom stereocenters. The van der Waals surface area contributed by atoms with E-state index in [0.717, 1.165) is 30.8 Å². The topological polar surface area (TPSA) is 53.2 Å². The van der Waals surface area contributed by atoms with Crippen molar-refractivity contribution in [1.82, 2.24) is 0 Å². The summed E-state index contributed by atoms with van der Waals surface area (Å²) in [6, 6.07) is 6.85. The quantitative estimate of drug-likeness (QED) is 0.605. The molecule has 0 fully saturated rings. The summed E-state index contributed by atoms with van der Waals surface area (Å²) in [7, 11) is 0. The van der Waals surface area contributed by atoms with E-state index in [1.165, 1.54) is 12.1 Å². The SMILES string of the molecule is CSc1ccc(Oc2cc(F)cc(F)c2)c(C#N)c1C(C)(O)C(F)F. The van der Waals surface area contributed by atoms with Crippen molar-refractivity contribution < 1.29 is 27.4 Å². The van der Waals surface area contributed by atoms with Crippen LogP contribution in [0.4, 0.5) is 17.6 Å². The minimum atomic E-state index is -3.16. The number of ether oxygens (including phenoxy) is 1. The van der Waals surface area contributed by atoms with Crippen molar-refractivity contribution in [3.05, 3.63) is 53.1 Å². The van der Waals surface area contributed by atoms with Crippen LogP contribution >= 0.6 is 11.8 Å². The first kappa shape index (κ1) is 19.1. The van der Waals surface area contributed by atoms with Crippen LogP contribution in [0.1, 0.15) is 18.1 Å². The molecule has 1 atom stereocenters. The summed E-state index contributed by atoms with van der Waals surface area (Å²) in [5.74, 6) is -2.22. The Morgan fingerprint density at radius 3 is 2.28 bits per heavy atom. The molecule has 0 heterocycles. The maximum absolute atomic E-state index is 13.3. The van der Waals surface area contributed by atoms with Gasteiger partial charge in [-0.05, 0) is 25.3 Å². The van der Waals surface area contributed by atoms with Gasteiger partial charge in [-0.1, -0.05) is 0 Å². The van der Waals surface area contributed by atoms with Crippen molar-refractivity contribution in [2.45, 2.75) is 23.8 Å². The first-order valence-electron chi connectivity index (χ1n) is 6.96. The molecule has 0 bridgehead atoms. The van der Waals surface area contributed by atoms with Crippen LogP contribution < -0.4 is 4.74 Å². The Labute approximate surface area is 145 Å². The number of benzene rings is 2. The molecule has 132 valence electrons. The van der Waals surface area contributed by atoms with Gasteiger partial charge in [-0.3, -0.25) is 0 Å². The molecule has 1 N–H and O–H groups in total. The normalized spacial score (nSPS) is 13.4. The molecular weight excluding hydrogens is 358 g/mol. The average molecular weight is 371 g/mol. The summed E-state index contributed by atoms with van der Waals surface area (Å²) in [6.07, 6.45) is -1.56. The highest BCUT2D eigenvalue weighted by molar-refractivity contribution is 7.98. The lowest BCUT2D eigenvalue weighted by Gasteiger charge is -2.27. The number of halogens is 4. The second kappa shape index (κ2) is 7.33. The molecule has 0 aliphatic heterocycles. The molecule has 0 saturated heterocycles. The summed E-state index contributed by atoms with van der Waals surface area (Å²) >= 11 is 1.07. The maximum Gasteiger partial charge on any atom is 0.270 e. The molecule has 0 amide bonds. The lowest BCUT2D eigenvalue weighted by Crippen LogP contribution is -2.32. The van der Waals surface area contributed by atoms with Crippen LogP contribution in [0.25, 0.3) is 0 Å². The molecule has 2 rings (SSSR count). The number of rotatable bonds is 5. The molecule has 25 heavy (non-hydrogen) atoms. The molecule has 0 spiro atoms. The Kier molecular flexibility index (Phi) is 5.60. The molecule has 0 aromatic heterocycles. The van der Waals surface area contributed by atoms with Gasteiger partial charge in [-0.15, -0.1) is 11.8 Å². The van der Waals surface area contributed by atoms with Gasteiger partial charge in [-0.25, -0.2) is 17.6 Å². The fourth-order valence-corrected chi connectivity index (χ4v) is 2.97. The van der Waals surface area contributed by atoms with Gasteiger partial charge >= 0.3 is 0 Å². The Morgan fingerprint density at radius 1 is 1.20 bits per heavy atom. The van der Waals surface area contributed by atoms with E-state index in [1.54, 1.807) is 12.3 Å². The van der Waals surface area contributed by atoms with Gasteiger partial charge in [0.25, 0.3) is 6.43 Å². The van der Waals surface area contributed by atoms with Crippen LogP contribution in [0.5, 0.6) is 11.5 Å². The second-order valence-electron chi connectivity index (χ2n) is 5.28. The fourth-order valence-electron chi connectivity index (χ4n) is 2.26. The lowest BCUT2D eigenvalue weighted by molar-refractivity contribution is -0.0902. The van der Waals surface area contributed by atoms with Crippen LogP contribution in [0.2, 0.25) is 0 Å². The Hall–Kier alpha value is -2.24. The van der Waals surface area contributed by atoms with Crippen molar-refractivity contribution >= 4 is 11.8 Å². The summed E-state index contributed by atoms with van der Waals surface area (Å²) in [4.78, 5) is 0.264. The van der Waals surface area contributed by atoms with Crippen LogP contribution in [-0.2, 0) is 5.60 Å². The molecule has 2 aromatic carbocycles. The van der Waals surface area contributed by atoms with E-state index in [0.29, 0.717) is 6.07 Å². The molecule has 0 radical (unpaired) electrons. The highest BCUT2D eigenvalue weighted by Gasteiger charge is 2.39. The van der Waals surface area contributed by atoms with Gasteiger partial charge in [0.2, 0.25) is 0 Å². The largest absolute Gasteiger partial charge is 0.456 e. The standard InChI is InChI=1S/C17H13F4NO2S/c1-17(23,16(20)21)15-12(8-22)13(3-4-14(15)25-2)24-11-6-9(18)5-10(19)7-11/h3-7,16,23H,1-2H3. The van der Waals surface area contributed by atoms with E-state index in [1.807, 2.05) is 0 Å². The van der Waals surface area contributed by atoms with Crippen molar-refractivity contribution in [2.75, 3.05) is 6.26 Å². The van der Waals surface area contributed by atoms with Crippen molar-refractivity contribution in [3.8, 4) is 17.6 Å². The summed E-state index contributed by atoms with van der Waals surface area (Å²) < 4.78 is 58.4. The third kappa shape index (κ3) is 3.89. The number of hydrogen-bond acceptors (Lipinski definition) is 4. The summed E-state index contributed by atoms with van der Waals surface area (Å²) in [5, 5.41) is 19.6. The van der Waals surface area contributed by atoms with Crippen molar-refractivity contribution in [3.63, 3.8) is 0 Å². The van der Waals surface area contributed by atoms with Crippen molar-refractivity contribution in [2.24, 2.45) is 0 Å². The van der Waals surface area contributed by atoms with Crippen LogP contribution in [-0.4, -0.2) is 17.8 Å². The van der Waals surface area contributed by atoms with E-state index in [9.17, 15) is 27.9 Å². The predicted octanol–water partition coefficient (Wildman–Crippen LogP) is 4.82. The van der Waals surface area contributed by atoms with Crippen LogP contribution in [0, 0.1) is 23.0 Å². The first-order valence-corrected chi connectivity index (χ1v) is 8.19. The number of aliphatic hydroxyl groups is 1. The predicted molar refractivity (Wildman–Crippen MR) is 84.9 cm³/mol. The maximum atomic E-state index is 13.3. The van der Waals surface area contributed by atoms with E-state index < -0.39 is 23.7 Å². The minimum absolute atomic E-state index is 0.193. The van der Waals surface area contributed by atoms with E-state index in [4.69, 9.17) is 4.74 Å². The molecule has 0 aliphatic rings. The van der Waals surface area contributed by atoms with Gasteiger partial charge in [0.15, 0.2) is 0 Å².